The first-order valence-corrected chi connectivity index (χ1v) is 11.9. The molecule has 4 atom stereocenters. The number of anilines is 1. The van der Waals surface area contributed by atoms with E-state index in [-0.39, 0.29) is 0 Å². The summed E-state index contributed by atoms with van der Waals surface area (Å²) in [5.41, 5.74) is 6.02. The SMILES string of the molecule is NC(=O)c1ccnc(N2C[C@H]3C[C@@H](C2)[C@H](CC2CCCCC2)N2C(=O)CCC[C@@H]32)c1. The highest BCUT2D eigenvalue weighted by atomic mass is 16.2. The zero-order valence-corrected chi connectivity index (χ0v) is 17.8. The van der Waals surface area contributed by atoms with Gasteiger partial charge in [0.2, 0.25) is 11.8 Å². The molecule has 2 bridgehead atoms. The molecule has 3 saturated heterocycles. The second-order valence-electron chi connectivity index (χ2n) is 10.00. The Hall–Kier alpha value is -2.11. The number of primary amides is 1. The van der Waals surface area contributed by atoms with Crippen LogP contribution >= 0.6 is 0 Å². The molecule has 0 aromatic carbocycles. The topological polar surface area (TPSA) is 79.5 Å². The Morgan fingerprint density at radius 2 is 1.90 bits per heavy atom. The van der Waals surface area contributed by atoms with Crippen molar-refractivity contribution in [3.63, 3.8) is 0 Å². The van der Waals surface area contributed by atoms with Crippen LogP contribution in [0.4, 0.5) is 5.82 Å². The molecule has 6 heteroatoms. The van der Waals surface area contributed by atoms with E-state index < -0.39 is 5.91 Å². The third-order valence-electron chi connectivity index (χ3n) is 8.15. The Labute approximate surface area is 179 Å². The smallest absolute Gasteiger partial charge is 0.248 e. The van der Waals surface area contributed by atoms with Gasteiger partial charge in [-0.3, -0.25) is 9.59 Å². The maximum absolute atomic E-state index is 13.0. The molecule has 162 valence electrons. The van der Waals surface area contributed by atoms with E-state index in [4.69, 9.17) is 5.73 Å². The van der Waals surface area contributed by atoms with Crippen LogP contribution in [0.3, 0.4) is 0 Å². The number of fused-ring (bicyclic) bond motifs is 4. The van der Waals surface area contributed by atoms with Crippen LogP contribution in [0.5, 0.6) is 0 Å². The maximum atomic E-state index is 13.0. The molecule has 1 aliphatic carbocycles. The number of piperidine rings is 3. The summed E-state index contributed by atoms with van der Waals surface area (Å²) >= 11 is 0. The molecule has 6 nitrogen and oxygen atoms in total. The van der Waals surface area contributed by atoms with E-state index in [9.17, 15) is 9.59 Å². The molecule has 1 aromatic rings. The molecule has 4 fully saturated rings. The number of carbonyl (C=O) groups is 2. The van der Waals surface area contributed by atoms with Gasteiger partial charge in [0.25, 0.3) is 0 Å². The first-order valence-electron chi connectivity index (χ1n) is 11.9. The van der Waals surface area contributed by atoms with E-state index in [1.54, 1.807) is 12.3 Å². The van der Waals surface area contributed by atoms with Gasteiger partial charge in [0.1, 0.15) is 5.82 Å². The molecular weight excluding hydrogens is 376 g/mol. The van der Waals surface area contributed by atoms with Gasteiger partial charge in [-0.05, 0) is 55.6 Å². The normalized spacial score (nSPS) is 32.1. The van der Waals surface area contributed by atoms with Gasteiger partial charge in [0.15, 0.2) is 0 Å². The highest BCUT2D eigenvalue weighted by Crippen LogP contribution is 2.45. The number of carbonyl (C=O) groups excluding carboxylic acids is 2. The van der Waals surface area contributed by atoms with Crippen molar-refractivity contribution in [1.82, 2.24) is 9.88 Å². The van der Waals surface area contributed by atoms with E-state index >= 15 is 0 Å². The zero-order chi connectivity index (χ0) is 20.7. The van der Waals surface area contributed by atoms with Crippen molar-refractivity contribution < 1.29 is 9.59 Å². The van der Waals surface area contributed by atoms with E-state index in [0.29, 0.717) is 35.4 Å². The van der Waals surface area contributed by atoms with Crippen molar-refractivity contribution in [2.24, 2.45) is 23.5 Å². The molecule has 0 radical (unpaired) electrons. The third-order valence-corrected chi connectivity index (χ3v) is 8.15. The highest BCUT2D eigenvalue weighted by molar-refractivity contribution is 5.93. The number of amides is 2. The molecular formula is C24H34N4O2. The average Bonchev–Trinajstić information content (AvgIpc) is 2.77. The second kappa shape index (κ2) is 8.20. The lowest BCUT2D eigenvalue weighted by Gasteiger charge is -2.57. The quantitative estimate of drug-likeness (QED) is 0.825. The number of hydrogen-bond acceptors (Lipinski definition) is 4. The summed E-state index contributed by atoms with van der Waals surface area (Å²) in [5.74, 6) is 2.59. The predicted molar refractivity (Wildman–Crippen MR) is 116 cm³/mol. The van der Waals surface area contributed by atoms with E-state index in [1.807, 2.05) is 6.07 Å². The first kappa shape index (κ1) is 19.8. The molecule has 4 aliphatic rings. The van der Waals surface area contributed by atoms with Crippen LogP contribution in [-0.4, -0.2) is 46.9 Å². The van der Waals surface area contributed by atoms with Crippen LogP contribution in [0.2, 0.25) is 0 Å². The maximum Gasteiger partial charge on any atom is 0.248 e. The lowest BCUT2D eigenvalue weighted by molar-refractivity contribution is -0.149. The minimum absolute atomic E-state index is 0.365. The van der Waals surface area contributed by atoms with Gasteiger partial charge < -0.3 is 15.5 Å². The molecule has 2 amide bonds. The summed E-state index contributed by atoms with van der Waals surface area (Å²) in [4.78, 5) is 34.0. The Morgan fingerprint density at radius 1 is 1.10 bits per heavy atom. The predicted octanol–water partition coefficient (Wildman–Crippen LogP) is 3.36. The van der Waals surface area contributed by atoms with E-state index in [1.165, 1.54) is 44.9 Å². The fourth-order valence-corrected chi connectivity index (χ4v) is 6.77. The Morgan fingerprint density at radius 3 is 2.70 bits per heavy atom. The van der Waals surface area contributed by atoms with Crippen LogP contribution in [0.15, 0.2) is 18.3 Å². The van der Waals surface area contributed by atoms with Crippen LogP contribution in [-0.2, 0) is 4.79 Å². The van der Waals surface area contributed by atoms with E-state index in [2.05, 4.69) is 14.8 Å². The van der Waals surface area contributed by atoms with Gasteiger partial charge in [0.05, 0.1) is 0 Å². The molecule has 3 aliphatic heterocycles. The van der Waals surface area contributed by atoms with Crippen molar-refractivity contribution in [2.75, 3.05) is 18.0 Å². The van der Waals surface area contributed by atoms with Crippen molar-refractivity contribution in [2.45, 2.75) is 76.3 Å². The third kappa shape index (κ3) is 3.69. The second-order valence-corrected chi connectivity index (χ2v) is 10.00. The number of rotatable bonds is 4. The monoisotopic (exact) mass is 410 g/mol. The molecule has 1 aromatic heterocycles. The molecule has 0 unspecified atom stereocenters. The summed E-state index contributed by atoms with van der Waals surface area (Å²) in [6, 6.07) is 4.26. The molecule has 4 heterocycles. The minimum Gasteiger partial charge on any atom is -0.366 e. The molecule has 5 rings (SSSR count). The van der Waals surface area contributed by atoms with Gasteiger partial charge in [-0.1, -0.05) is 32.1 Å². The van der Waals surface area contributed by atoms with Gasteiger partial charge >= 0.3 is 0 Å². The van der Waals surface area contributed by atoms with Crippen LogP contribution in [0.25, 0.3) is 0 Å². The summed E-state index contributed by atoms with van der Waals surface area (Å²) in [7, 11) is 0. The van der Waals surface area contributed by atoms with Crippen LogP contribution in [0, 0.1) is 17.8 Å². The minimum atomic E-state index is -0.407. The van der Waals surface area contributed by atoms with Crippen molar-refractivity contribution in [3.8, 4) is 0 Å². The Balaban J connectivity index is 1.42. The lowest BCUT2D eigenvalue weighted by Crippen LogP contribution is -2.65. The molecule has 30 heavy (non-hydrogen) atoms. The number of nitrogens with two attached hydrogens (primary N) is 1. The van der Waals surface area contributed by atoms with Gasteiger partial charge in [-0.2, -0.15) is 0 Å². The molecule has 1 saturated carbocycles. The number of aromatic nitrogens is 1. The molecule has 2 N–H and O–H groups in total. The highest BCUT2D eigenvalue weighted by Gasteiger charge is 2.49. The largest absolute Gasteiger partial charge is 0.366 e. The summed E-state index contributed by atoms with van der Waals surface area (Å²) in [6.45, 7) is 1.83. The van der Waals surface area contributed by atoms with Gasteiger partial charge in [0, 0.05) is 43.4 Å². The first-order chi connectivity index (χ1) is 14.6. The Kier molecular flexibility index (Phi) is 5.42. The van der Waals surface area contributed by atoms with Crippen molar-refractivity contribution in [3.05, 3.63) is 23.9 Å². The zero-order valence-electron chi connectivity index (χ0n) is 17.8. The number of pyridine rings is 1. The van der Waals surface area contributed by atoms with E-state index in [0.717, 1.165) is 44.1 Å². The average molecular weight is 411 g/mol. The molecule has 0 spiro atoms. The standard InChI is InChI=1S/C24H34N4O2/c25-24(30)17-9-10-26-22(13-17)27-14-18-12-19(15-27)21(11-16-5-2-1-3-6-16)28-20(18)7-4-8-23(28)29/h9-10,13,16,18-21H,1-8,11-12,14-15H2,(H2,25,30)/t18-,19+,20+,21+/m1/s1. The van der Waals surface area contributed by atoms with Crippen molar-refractivity contribution >= 4 is 17.6 Å². The van der Waals surface area contributed by atoms with Gasteiger partial charge in [-0.15, -0.1) is 0 Å². The lowest BCUT2D eigenvalue weighted by atomic mass is 9.69. The van der Waals surface area contributed by atoms with Crippen LogP contribution < -0.4 is 10.6 Å². The fourth-order valence-electron chi connectivity index (χ4n) is 6.77. The summed E-state index contributed by atoms with van der Waals surface area (Å²) in [6.07, 6.45) is 13.7. The summed E-state index contributed by atoms with van der Waals surface area (Å²) in [5, 5.41) is 0. The van der Waals surface area contributed by atoms with Gasteiger partial charge in [-0.25, -0.2) is 4.98 Å². The Bertz CT molecular complexity index is 806. The number of hydrogen-bond donors (Lipinski definition) is 1. The fraction of sp³-hybridized carbons (Fsp3) is 0.708. The number of nitrogens with zero attached hydrogens (tertiary/aromatic N) is 3. The summed E-state index contributed by atoms with van der Waals surface area (Å²) < 4.78 is 0. The van der Waals surface area contributed by atoms with Crippen molar-refractivity contribution in [1.29, 1.82) is 0 Å². The van der Waals surface area contributed by atoms with Crippen LogP contribution in [0.1, 0.15) is 74.6 Å².